The van der Waals surface area contributed by atoms with Crippen molar-refractivity contribution in [1.82, 2.24) is 4.98 Å². The number of carbonyl (C=O) groups is 1. The molecule has 0 radical (unpaired) electrons. The Morgan fingerprint density at radius 3 is 2.60 bits per heavy atom. The third kappa shape index (κ3) is 5.02. The predicted molar refractivity (Wildman–Crippen MR) is 141 cm³/mol. The fraction of sp³-hybridized carbons (Fsp3) is 0.0714. The van der Waals surface area contributed by atoms with E-state index in [1.54, 1.807) is 30.3 Å². The van der Waals surface area contributed by atoms with Crippen molar-refractivity contribution in [2.24, 2.45) is 0 Å². The zero-order valence-electron chi connectivity index (χ0n) is 18.9. The minimum Gasteiger partial charge on any atom is -0.457 e. The van der Waals surface area contributed by atoms with Crippen LogP contribution in [0, 0.1) is 13.8 Å². The van der Waals surface area contributed by atoms with Gasteiger partial charge >= 0.3 is 0 Å². The molecule has 5 aromatic rings. The highest BCUT2D eigenvalue weighted by Gasteiger charge is 2.13. The highest BCUT2D eigenvalue weighted by atomic mass is 35.5. The summed E-state index contributed by atoms with van der Waals surface area (Å²) in [5.74, 6) is 1.29. The molecule has 0 spiro atoms. The number of nitrogens with one attached hydrogen (secondary N) is 1. The topological polar surface area (TPSA) is 68.3 Å². The average molecular weight is 503 g/mol. The first-order chi connectivity index (χ1) is 16.9. The van der Waals surface area contributed by atoms with Crippen LogP contribution in [0.5, 0.6) is 0 Å². The van der Waals surface area contributed by atoms with E-state index in [0.29, 0.717) is 44.3 Å². The zero-order valence-corrected chi connectivity index (χ0v) is 20.4. The quantitative estimate of drug-likeness (QED) is 0.245. The van der Waals surface area contributed by atoms with Crippen LogP contribution in [0.4, 0.5) is 5.69 Å². The third-order valence-corrected chi connectivity index (χ3v) is 6.23. The van der Waals surface area contributed by atoms with Gasteiger partial charge in [0.15, 0.2) is 5.58 Å². The third-order valence-electron chi connectivity index (χ3n) is 5.49. The van der Waals surface area contributed by atoms with Crippen molar-refractivity contribution in [3.05, 3.63) is 99.7 Å². The lowest BCUT2D eigenvalue weighted by atomic mass is 10.1. The highest BCUT2D eigenvalue weighted by molar-refractivity contribution is 6.33. The molecule has 0 aliphatic heterocycles. The van der Waals surface area contributed by atoms with Crippen molar-refractivity contribution in [2.75, 3.05) is 5.32 Å². The highest BCUT2D eigenvalue weighted by Crippen LogP contribution is 2.33. The summed E-state index contributed by atoms with van der Waals surface area (Å²) in [4.78, 5) is 17.1. The number of aryl methyl sites for hydroxylation is 2. The Bertz CT molecular complexity index is 1600. The molecule has 0 fully saturated rings. The van der Waals surface area contributed by atoms with E-state index >= 15 is 0 Å². The number of aromatic nitrogens is 1. The fourth-order valence-electron chi connectivity index (χ4n) is 3.61. The van der Waals surface area contributed by atoms with Crippen LogP contribution in [0.3, 0.4) is 0 Å². The SMILES string of the molecule is Cc1ccc2oc(-c3cc(NC(=O)/C=C/c4ccc(-c5ccc(C)c(Cl)c5)o4)ccc3Cl)nc2c1. The standard InChI is InChI=1S/C28H20Cl2N2O3/c1-16-3-10-26-24(13-16)32-28(35-26)21-15-19(6-9-22(21)29)31-27(33)12-8-20-7-11-25(34-20)18-5-4-17(2)23(30)14-18/h3-15H,1-2H3,(H,31,33)/b12-8+. The van der Waals surface area contributed by atoms with E-state index in [1.807, 2.05) is 56.3 Å². The number of rotatable bonds is 5. The van der Waals surface area contributed by atoms with E-state index in [9.17, 15) is 4.79 Å². The number of oxazole rings is 1. The second-order valence-electron chi connectivity index (χ2n) is 8.17. The Labute approximate surface area is 212 Å². The normalized spacial score (nSPS) is 11.4. The molecule has 5 rings (SSSR count). The molecule has 0 aliphatic rings. The van der Waals surface area contributed by atoms with E-state index in [4.69, 9.17) is 32.0 Å². The molecule has 0 atom stereocenters. The lowest BCUT2D eigenvalue weighted by Crippen LogP contribution is -2.07. The molecule has 0 saturated carbocycles. The van der Waals surface area contributed by atoms with Crippen LogP contribution in [0.2, 0.25) is 10.0 Å². The van der Waals surface area contributed by atoms with Crippen LogP contribution in [-0.4, -0.2) is 10.9 Å². The number of benzene rings is 3. The van der Waals surface area contributed by atoms with Crippen LogP contribution in [0.1, 0.15) is 16.9 Å². The maximum atomic E-state index is 12.5. The summed E-state index contributed by atoms with van der Waals surface area (Å²) >= 11 is 12.6. The van der Waals surface area contributed by atoms with Crippen LogP contribution >= 0.6 is 23.2 Å². The van der Waals surface area contributed by atoms with Gasteiger partial charge in [-0.25, -0.2) is 4.98 Å². The maximum Gasteiger partial charge on any atom is 0.248 e. The summed E-state index contributed by atoms with van der Waals surface area (Å²) in [5.41, 5.74) is 5.52. The average Bonchev–Trinajstić information content (AvgIpc) is 3.47. The van der Waals surface area contributed by atoms with Crippen LogP contribution in [0.25, 0.3) is 40.0 Å². The van der Waals surface area contributed by atoms with Crippen molar-refractivity contribution < 1.29 is 13.6 Å². The van der Waals surface area contributed by atoms with Gasteiger partial charge in [0.1, 0.15) is 17.0 Å². The van der Waals surface area contributed by atoms with E-state index in [0.717, 1.165) is 22.2 Å². The Balaban J connectivity index is 1.31. The molecule has 0 aliphatic carbocycles. The first-order valence-electron chi connectivity index (χ1n) is 10.9. The van der Waals surface area contributed by atoms with Gasteiger partial charge in [-0.1, -0.05) is 41.4 Å². The van der Waals surface area contributed by atoms with Crippen molar-refractivity contribution in [2.45, 2.75) is 13.8 Å². The molecule has 174 valence electrons. The van der Waals surface area contributed by atoms with Gasteiger partial charge in [0.05, 0.1) is 10.6 Å². The summed E-state index contributed by atoms with van der Waals surface area (Å²) < 4.78 is 11.7. The van der Waals surface area contributed by atoms with Crippen molar-refractivity contribution in [3.63, 3.8) is 0 Å². The number of halogens is 2. The maximum absolute atomic E-state index is 12.5. The Morgan fingerprint density at radius 1 is 0.914 bits per heavy atom. The smallest absolute Gasteiger partial charge is 0.248 e. The van der Waals surface area contributed by atoms with Crippen LogP contribution < -0.4 is 5.32 Å². The van der Waals surface area contributed by atoms with Gasteiger partial charge in [0.2, 0.25) is 11.8 Å². The first-order valence-corrected chi connectivity index (χ1v) is 11.6. The van der Waals surface area contributed by atoms with E-state index in [2.05, 4.69) is 10.3 Å². The van der Waals surface area contributed by atoms with E-state index < -0.39 is 0 Å². The van der Waals surface area contributed by atoms with Crippen molar-refractivity contribution in [3.8, 4) is 22.8 Å². The molecule has 1 amide bonds. The molecule has 2 heterocycles. The molecule has 5 nitrogen and oxygen atoms in total. The molecule has 3 aromatic carbocycles. The molecule has 1 N–H and O–H groups in total. The number of fused-ring (bicyclic) bond motifs is 1. The van der Waals surface area contributed by atoms with Gasteiger partial charge in [0, 0.05) is 22.3 Å². The second-order valence-corrected chi connectivity index (χ2v) is 8.99. The summed E-state index contributed by atoms with van der Waals surface area (Å²) in [6.07, 6.45) is 3.01. The minimum atomic E-state index is -0.317. The lowest BCUT2D eigenvalue weighted by Gasteiger charge is -2.05. The Morgan fingerprint density at radius 2 is 1.77 bits per heavy atom. The number of furan rings is 1. The van der Waals surface area contributed by atoms with Gasteiger partial charge < -0.3 is 14.2 Å². The molecule has 35 heavy (non-hydrogen) atoms. The fourth-order valence-corrected chi connectivity index (χ4v) is 3.98. The van der Waals surface area contributed by atoms with Gasteiger partial charge in [-0.15, -0.1) is 0 Å². The molecule has 2 aromatic heterocycles. The largest absolute Gasteiger partial charge is 0.457 e. The summed E-state index contributed by atoms with van der Waals surface area (Å²) in [6.45, 7) is 3.94. The first kappa shape index (κ1) is 23.0. The summed E-state index contributed by atoms with van der Waals surface area (Å²) in [5, 5.41) is 3.98. The second kappa shape index (κ2) is 9.45. The van der Waals surface area contributed by atoms with Crippen molar-refractivity contribution in [1.29, 1.82) is 0 Å². The van der Waals surface area contributed by atoms with E-state index in [1.165, 1.54) is 6.08 Å². The molecule has 0 unspecified atom stereocenters. The summed E-state index contributed by atoms with van der Waals surface area (Å²) in [6, 6.07) is 20.3. The number of carbonyl (C=O) groups excluding carboxylic acids is 1. The molecule has 7 heteroatoms. The van der Waals surface area contributed by atoms with Crippen molar-refractivity contribution >= 4 is 52.0 Å². The molecular formula is C28H20Cl2N2O3. The number of amides is 1. The van der Waals surface area contributed by atoms with Crippen LogP contribution in [0.15, 0.2) is 81.6 Å². The molecule has 0 bridgehead atoms. The lowest BCUT2D eigenvalue weighted by molar-refractivity contribution is -0.111. The Hall–Kier alpha value is -3.80. The number of nitrogens with zero attached hydrogens (tertiary/aromatic N) is 1. The van der Waals surface area contributed by atoms with Gasteiger partial charge in [-0.3, -0.25) is 4.79 Å². The summed E-state index contributed by atoms with van der Waals surface area (Å²) in [7, 11) is 0. The minimum absolute atomic E-state index is 0.317. The van der Waals surface area contributed by atoms with E-state index in [-0.39, 0.29) is 5.91 Å². The zero-order chi connectivity index (χ0) is 24.5. The van der Waals surface area contributed by atoms with Gasteiger partial charge in [0.25, 0.3) is 0 Å². The van der Waals surface area contributed by atoms with Gasteiger partial charge in [-0.05, 0) is 79.6 Å². The van der Waals surface area contributed by atoms with Gasteiger partial charge in [-0.2, -0.15) is 0 Å². The molecular weight excluding hydrogens is 483 g/mol. The molecule has 0 saturated heterocycles. The monoisotopic (exact) mass is 502 g/mol. The number of hydrogen-bond acceptors (Lipinski definition) is 4. The number of anilines is 1. The predicted octanol–water partition coefficient (Wildman–Crippen LogP) is 8.33. The number of hydrogen-bond donors (Lipinski definition) is 1. The van der Waals surface area contributed by atoms with Crippen LogP contribution in [-0.2, 0) is 4.79 Å². The Kier molecular flexibility index (Phi) is 6.20.